The van der Waals surface area contributed by atoms with Crippen molar-refractivity contribution < 1.29 is 4.74 Å². The molecule has 2 nitrogen and oxygen atoms in total. The van der Waals surface area contributed by atoms with Crippen LogP contribution in [0.1, 0.15) is 17.1 Å². The zero-order chi connectivity index (χ0) is 8.81. The molecule has 4 heteroatoms. The lowest BCUT2D eigenvalue weighted by atomic mass is 10.3. The molecule has 0 spiro atoms. The SMILES string of the molecule is COCc1nc(CCCS)cs1. The molecule has 0 aliphatic rings. The Morgan fingerprint density at radius 3 is 3.17 bits per heavy atom. The van der Waals surface area contributed by atoms with Gasteiger partial charge in [0.1, 0.15) is 5.01 Å². The first-order chi connectivity index (χ1) is 5.86. The summed E-state index contributed by atoms with van der Waals surface area (Å²) < 4.78 is 4.98. The summed E-state index contributed by atoms with van der Waals surface area (Å²) in [5, 5.41) is 3.16. The lowest BCUT2D eigenvalue weighted by Crippen LogP contribution is -1.89. The molecule has 1 heterocycles. The van der Waals surface area contributed by atoms with Crippen LogP contribution in [0.2, 0.25) is 0 Å². The highest BCUT2D eigenvalue weighted by Gasteiger charge is 2.00. The molecule has 1 aromatic rings. The van der Waals surface area contributed by atoms with E-state index in [-0.39, 0.29) is 0 Å². The number of ether oxygens (including phenoxy) is 1. The third kappa shape index (κ3) is 3.13. The smallest absolute Gasteiger partial charge is 0.119 e. The van der Waals surface area contributed by atoms with Crippen LogP contribution >= 0.6 is 24.0 Å². The molecule has 0 amide bonds. The standard InChI is InChI=1S/C8H13NOS2/c1-10-5-8-9-7(6-12-8)3-2-4-11/h6,11H,2-5H2,1H3. The van der Waals surface area contributed by atoms with Crippen LogP contribution in [0.4, 0.5) is 0 Å². The Morgan fingerprint density at radius 2 is 2.50 bits per heavy atom. The normalized spacial score (nSPS) is 10.5. The lowest BCUT2D eigenvalue weighted by Gasteiger charge is -1.92. The fourth-order valence-corrected chi connectivity index (χ4v) is 1.87. The van der Waals surface area contributed by atoms with Crippen LogP contribution in [-0.4, -0.2) is 17.8 Å². The molecule has 0 aliphatic heterocycles. The van der Waals surface area contributed by atoms with Crippen LogP contribution in [0.5, 0.6) is 0 Å². The largest absolute Gasteiger partial charge is 0.378 e. The first-order valence-corrected chi connectivity index (χ1v) is 5.41. The minimum absolute atomic E-state index is 0.630. The first kappa shape index (κ1) is 10.0. The average Bonchev–Trinajstić information content (AvgIpc) is 2.50. The molecule has 12 heavy (non-hydrogen) atoms. The van der Waals surface area contributed by atoms with E-state index in [0.29, 0.717) is 6.61 Å². The van der Waals surface area contributed by atoms with Crippen molar-refractivity contribution in [3.63, 3.8) is 0 Å². The molecule has 68 valence electrons. The molecular weight excluding hydrogens is 190 g/mol. The zero-order valence-corrected chi connectivity index (χ0v) is 8.83. The Morgan fingerprint density at radius 1 is 1.67 bits per heavy atom. The molecule has 0 aromatic carbocycles. The number of hydrogen-bond acceptors (Lipinski definition) is 4. The topological polar surface area (TPSA) is 22.1 Å². The van der Waals surface area contributed by atoms with Gasteiger partial charge < -0.3 is 4.74 Å². The van der Waals surface area contributed by atoms with Gasteiger partial charge in [-0.3, -0.25) is 0 Å². The Hall–Kier alpha value is -0.0600. The number of thiol groups is 1. The van der Waals surface area contributed by atoms with E-state index in [2.05, 4.69) is 23.0 Å². The predicted octanol–water partition coefficient (Wildman–Crippen LogP) is 2.15. The van der Waals surface area contributed by atoms with Gasteiger partial charge in [-0.05, 0) is 18.6 Å². The Bertz CT molecular complexity index is 225. The van der Waals surface area contributed by atoms with Crippen LogP contribution in [0, 0.1) is 0 Å². The van der Waals surface area contributed by atoms with E-state index in [1.807, 2.05) is 0 Å². The van der Waals surface area contributed by atoms with Crippen molar-refractivity contribution >= 4 is 24.0 Å². The summed E-state index contributed by atoms with van der Waals surface area (Å²) >= 11 is 5.81. The molecule has 1 rings (SSSR count). The number of hydrogen-bond donors (Lipinski definition) is 1. The van der Waals surface area contributed by atoms with Crippen LogP contribution in [-0.2, 0) is 17.8 Å². The minimum atomic E-state index is 0.630. The Labute approximate surface area is 82.4 Å². The highest BCUT2D eigenvalue weighted by Crippen LogP contribution is 2.12. The molecular formula is C8H13NOS2. The number of aryl methyl sites for hydroxylation is 1. The van der Waals surface area contributed by atoms with Crippen LogP contribution < -0.4 is 0 Å². The van der Waals surface area contributed by atoms with Gasteiger partial charge in [0.15, 0.2) is 0 Å². The second-order valence-corrected chi connectivity index (χ2v) is 3.88. The predicted molar refractivity (Wildman–Crippen MR) is 55.0 cm³/mol. The van der Waals surface area contributed by atoms with Gasteiger partial charge in [-0.1, -0.05) is 0 Å². The van der Waals surface area contributed by atoms with Crippen LogP contribution in [0.15, 0.2) is 5.38 Å². The lowest BCUT2D eigenvalue weighted by molar-refractivity contribution is 0.184. The van der Waals surface area contributed by atoms with Crippen molar-refractivity contribution in [1.29, 1.82) is 0 Å². The van der Waals surface area contributed by atoms with Crippen LogP contribution in [0.25, 0.3) is 0 Å². The van der Waals surface area contributed by atoms with Gasteiger partial charge in [-0.25, -0.2) is 4.98 Å². The van der Waals surface area contributed by atoms with Crippen molar-refractivity contribution in [2.45, 2.75) is 19.4 Å². The molecule has 0 radical (unpaired) electrons. The number of methoxy groups -OCH3 is 1. The van der Waals surface area contributed by atoms with Crippen LogP contribution in [0.3, 0.4) is 0 Å². The second kappa shape index (κ2) is 5.56. The van der Waals surface area contributed by atoms with Gasteiger partial charge in [0, 0.05) is 12.5 Å². The monoisotopic (exact) mass is 203 g/mol. The van der Waals surface area contributed by atoms with Gasteiger partial charge in [0.05, 0.1) is 12.3 Å². The van der Waals surface area contributed by atoms with Gasteiger partial charge in [0.2, 0.25) is 0 Å². The second-order valence-electron chi connectivity index (χ2n) is 2.49. The molecule has 0 bridgehead atoms. The van der Waals surface area contributed by atoms with Gasteiger partial charge in [-0.15, -0.1) is 11.3 Å². The fourth-order valence-electron chi connectivity index (χ4n) is 0.914. The molecule has 0 saturated carbocycles. The van der Waals surface area contributed by atoms with Crippen molar-refractivity contribution in [3.8, 4) is 0 Å². The van der Waals surface area contributed by atoms with Crippen molar-refractivity contribution in [3.05, 3.63) is 16.1 Å². The summed E-state index contributed by atoms with van der Waals surface area (Å²) in [5.74, 6) is 0.928. The zero-order valence-electron chi connectivity index (χ0n) is 7.12. The summed E-state index contributed by atoms with van der Waals surface area (Å²) in [6.45, 7) is 0.630. The maximum atomic E-state index is 4.98. The van der Waals surface area contributed by atoms with E-state index in [1.165, 1.54) is 5.69 Å². The molecule has 1 aromatic heterocycles. The number of thiazole rings is 1. The maximum Gasteiger partial charge on any atom is 0.119 e. The highest BCUT2D eigenvalue weighted by molar-refractivity contribution is 7.80. The van der Waals surface area contributed by atoms with Crippen molar-refractivity contribution in [2.75, 3.05) is 12.9 Å². The average molecular weight is 203 g/mol. The van der Waals surface area contributed by atoms with E-state index in [4.69, 9.17) is 4.74 Å². The number of aromatic nitrogens is 1. The Kier molecular flexibility index (Phi) is 4.65. The van der Waals surface area contributed by atoms with E-state index in [1.54, 1.807) is 18.4 Å². The fraction of sp³-hybridized carbons (Fsp3) is 0.625. The van der Waals surface area contributed by atoms with Crippen molar-refractivity contribution in [1.82, 2.24) is 4.98 Å². The third-order valence-electron chi connectivity index (χ3n) is 1.46. The molecule has 0 N–H and O–H groups in total. The van der Waals surface area contributed by atoms with Gasteiger partial charge in [0.25, 0.3) is 0 Å². The molecule has 0 unspecified atom stereocenters. The molecule has 0 atom stereocenters. The summed E-state index contributed by atoms with van der Waals surface area (Å²) in [5.41, 5.74) is 1.17. The van der Waals surface area contributed by atoms with Crippen molar-refractivity contribution in [2.24, 2.45) is 0 Å². The van der Waals surface area contributed by atoms with Gasteiger partial charge >= 0.3 is 0 Å². The van der Waals surface area contributed by atoms with E-state index < -0.39 is 0 Å². The summed E-state index contributed by atoms with van der Waals surface area (Å²) in [4.78, 5) is 4.40. The van der Waals surface area contributed by atoms with E-state index in [9.17, 15) is 0 Å². The Balaban J connectivity index is 2.41. The first-order valence-electron chi connectivity index (χ1n) is 3.90. The van der Waals surface area contributed by atoms with E-state index in [0.717, 1.165) is 23.6 Å². The number of rotatable bonds is 5. The maximum absolute atomic E-state index is 4.98. The summed E-state index contributed by atoms with van der Waals surface area (Å²) in [7, 11) is 1.69. The highest BCUT2D eigenvalue weighted by atomic mass is 32.1. The summed E-state index contributed by atoms with van der Waals surface area (Å²) in [6.07, 6.45) is 2.13. The molecule has 0 aliphatic carbocycles. The number of nitrogens with zero attached hydrogens (tertiary/aromatic N) is 1. The van der Waals surface area contributed by atoms with Gasteiger partial charge in [-0.2, -0.15) is 12.6 Å². The third-order valence-corrected chi connectivity index (χ3v) is 2.65. The van der Waals surface area contributed by atoms with E-state index >= 15 is 0 Å². The minimum Gasteiger partial charge on any atom is -0.378 e. The molecule has 0 fully saturated rings. The quantitative estimate of drug-likeness (QED) is 0.741. The summed E-state index contributed by atoms with van der Waals surface area (Å²) in [6, 6.07) is 0. The molecule has 0 saturated heterocycles.